The summed E-state index contributed by atoms with van der Waals surface area (Å²) in [5.41, 5.74) is 1.26. The van der Waals surface area contributed by atoms with Crippen LogP contribution in [0.1, 0.15) is 139 Å². The fraction of sp³-hybridized carbons (Fsp3) is 0.787. The van der Waals surface area contributed by atoms with Gasteiger partial charge in [-0.05, 0) is 120 Å². The number of cyclic esters (lactones) is 1. The van der Waals surface area contributed by atoms with Gasteiger partial charge in [0.05, 0.1) is 50.3 Å². The van der Waals surface area contributed by atoms with Crippen LogP contribution in [-0.4, -0.2) is 184 Å². The van der Waals surface area contributed by atoms with E-state index in [1.54, 1.807) is 41.1 Å². The number of nitrogens with zero attached hydrogens (tertiary/aromatic N) is 2. The van der Waals surface area contributed by atoms with Crippen molar-refractivity contribution >= 4 is 29.2 Å². The summed E-state index contributed by atoms with van der Waals surface area (Å²) in [5.74, 6) is -7.94. The number of carbonyl (C=O) groups is 5. The number of hydrogen-bond acceptors (Lipinski definition) is 16. The lowest BCUT2D eigenvalue weighted by atomic mass is 9.78. The van der Waals surface area contributed by atoms with Crippen LogP contribution in [0.15, 0.2) is 47.6 Å². The van der Waals surface area contributed by atoms with E-state index in [1.165, 1.54) is 12.0 Å². The highest BCUT2D eigenvalue weighted by molar-refractivity contribution is 6.39. The van der Waals surface area contributed by atoms with Crippen LogP contribution in [-0.2, 0) is 61.9 Å². The molecule has 0 aromatic rings. The van der Waals surface area contributed by atoms with Gasteiger partial charge in [0.25, 0.3) is 11.7 Å². The monoisotopic (exact) mass is 1100 g/mol. The molecule has 1 saturated carbocycles. The number of Topliss-reactive ketones (excluding diaryl/α,β-unsaturated/α-hetero) is 3. The standard InChI is InChI=1S/C61H98N2O15/c1-39-18-13-12-14-19-40(2)52(76-31-30-71-9)36-48-23-21-45(7)61(70,78-48)58(67)59(68)63-26-16-15-20-49(63)60(69)77-53(37-50(64)41(3)33-44(6)56(66)57(73-11)55(65)43(5)32-39)42(4)34-47-22-24-51(54(35-47)72-10)75-28-17-25-62-27-29-74-46(8)38-62/h12-14,18-19,33,39,41-43,45-49,51-54,56-57,66,70H,15-17,20-32,34-38H2,1-11H3/b14-12+,18-13+,40-19+,44-33+/t39-,41-,42?,43-,45-,46-,47+,48+,49+,51-,52+,53+,54-,56-,57+,61-/m1/s1. The summed E-state index contributed by atoms with van der Waals surface area (Å²) in [4.78, 5) is 75.6. The van der Waals surface area contributed by atoms with Gasteiger partial charge >= 0.3 is 5.97 Å². The van der Waals surface area contributed by atoms with Crippen LogP contribution in [0, 0.1) is 35.5 Å². The zero-order valence-electron chi connectivity index (χ0n) is 49.1. The van der Waals surface area contributed by atoms with Crippen LogP contribution in [0.4, 0.5) is 0 Å². The van der Waals surface area contributed by atoms with E-state index in [-0.39, 0.29) is 80.0 Å². The molecule has 17 heteroatoms. The van der Waals surface area contributed by atoms with Gasteiger partial charge in [-0.25, -0.2) is 4.79 Å². The number of aliphatic hydroxyl groups is 2. The number of fused-ring (bicyclic) bond motifs is 3. The maximum atomic E-state index is 14.7. The van der Waals surface area contributed by atoms with Crippen LogP contribution >= 0.6 is 0 Å². The summed E-state index contributed by atoms with van der Waals surface area (Å²) < 4.78 is 48.0. The Hall–Kier alpha value is -3.49. The number of morpholine rings is 1. The number of rotatable bonds is 14. The van der Waals surface area contributed by atoms with Gasteiger partial charge in [0.15, 0.2) is 5.78 Å². The maximum Gasteiger partial charge on any atom is 0.329 e. The second-order valence-electron chi connectivity index (χ2n) is 23.4. The average molecular weight is 1100 g/mol. The molecule has 1 aliphatic carbocycles. The maximum absolute atomic E-state index is 14.7. The molecule has 442 valence electrons. The molecule has 0 spiro atoms. The van der Waals surface area contributed by atoms with Crippen molar-refractivity contribution in [3.05, 3.63) is 47.6 Å². The number of esters is 1. The van der Waals surface area contributed by atoms with E-state index in [0.717, 1.165) is 57.5 Å². The van der Waals surface area contributed by atoms with Crippen molar-refractivity contribution in [3.8, 4) is 0 Å². The van der Waals surface area contributed by atoms with Gasteiger partial charge in [-0.3, -0.25) is 24.1 Å². The third kappa shape index (κ3) is 18.8. The lowest BCUT2D eigenvalue weighted by molar-refractivity contribution is -0.266. The first-order valence-corrected chi connectivity index (χ1v) is 29.2. The topological polar surface area (TPSA) is 206 Å². The molecule has 1 amide bonds. The zero-order valence-corrected chi connectivity index (χ0v) is 49.1. The molecule has 2 bridgehead atoms. The molecule has 0 radical (unpaired) electrons. The largest absolute Gasteiger partial charge is 0.460 e. The minimum Gasteiger partial charge on any atom is -0.460 e. The lowest BCUT2D eigenvalue weighted by Crippen LogP contribution is -2.61. The molecule has 4 aliphatic heterocycles. The van der Waals surface area contributed by atoms with E-state index in [9.17, 15) is 34.2 Å². The lowest BCUT2D eigenvalue weighted by Gasteiger charge is -2.43. The molecule has 5 aliphatic rings. The van der Waals surface area contributed by atoms with Crippen molar-refractivity contribution in [2.45, 2.75) is 200 Å². The summed E-state index contributed by atoms with van der Waals surface area (Å²) >= 11 is 0. The Morgan fingerprint density at radius 3 is 2.31 bits per heavy atom. The van der Waals surface area contributed by atoms with Gasteiger partial charge in [0.2, 0.25) is 5.79 Å². The first-order chi connectivity index (χ1) is 37.2. The third-order valence-corrected chi connectivity index (χ3v) is 17.1. The van der Waals surface area contributed by atoms with Gasteiger partial charge < -0.3 is 53.0 Å². The normalized spacial score (nSPS) is 38.1. The molecule has 3 saturated heterocycles. The van der Waals surface area contributed by atoms with E-state index in [0.29, 0.717) is 57.3 Å². The minimum absolute atomic E-state index is 0.00343. The molecule has 17 nitrogen and oxygen atoms in total. The molecule has 0 aromatic carbocycles. The number of methoxy groups -OCH3 is 3. The molecular formula is C61H98N2O15. The van der Waals surface area contributed by atoms with Crippen LogP contribution in [0.5, 0.6) is 0 Å². The van der Waals surface area contributed by atoms with Gasteiger partial charge in [0.1, 0.15) is 30.1 Å². The summed E-state index contributed by atoms with van der Waals surface area (Å²) in [6.45, 7) is 19.8. The molecule has 4 fully saturated rings. The van der Waals surface area contributed by atoms with Crippen LogP contribution in [0.25, 0.3) is 0 Å². The highest BCUT2D eigenvalue weighted by Gasteiger charge is 2.53. The summed E-state index contributed by atoms with van der Waals surface area (Å²) in [5, 5.41) is 23.8. The fourth-order valence-corrected chi connectivity index (χ4v) is 12.1. The molecule has 2 N–H and O–H groups in total. The molecule has 0 aromatic heterocycles. The minimum atomic E-state index is -2.46. The van der Waals surface area contributed by atoms with E-state index in [1.807, 2.05) is 58.1 Å². The fourth-order valence-electron chi connectivity index (χ4n) is 12.1. The Kier molecular flexibility index (Phi) is 27.0. The predicted molar refractivity (Wildman–Crippen MR) is 296 cm³/mol. The van der Waals surface area contributed by atoms with Crippen molar-refractivity contribution < 1.29 is 72.1 Å². The summed E-state index contributed by atoms with van der Waals surface area (Å²) in [7, 11) is 4.68. The van der Waals surface area contributed by atoms with Crippen LogP contribution in [0.3, 0.4) is 0 Å². The zero-order chi connectivity index (χ0) is 57.1. The van der Waals surface area contributed by atoms with E-state index >= 15 is 0 Å². The number of aliphatic hydroxyl groups excluding tert-OH is 1. The molecule has 4 heterocycles. The number of carbonyl (C=O) groups excluding carboxylic acids is 5. The molecule has 78 heavy (non-hydrogen) atoms. The first kappa shape index (κ1) is 65.3. The molecule has 1 unspecified atom stereocenters. The quantitative estimate of drug-likeness (QED) is 0.0756. The van der Waals surface area contributed by atoms with Crippen molar-refractivity contribution in [1.29, 1.82) is 0 Å². The van der Waals surface area contributed by atoms with Crippen molar-refractivity contribution in [1.82, 2.24) is 9.80 Å². The van der Waals surface area contributed by atoms with E-state index in [2.05, 4.69) is 11.8 Å². The Balaban J connectivity index is 1.41. The van der Waals surface area contributed by atoms with Gasteiger partial charge in [0, 0.05) is 84.7 Å². The highest BCUT2D eigenvalue weighted by Crippen LogP contribution is 2.38. The number of amides is 1. The highest BCUT2D eigenvalue weighted by atomic mass is 16.6. The molecule has 16 atom stereocenters. The van der Waals surface area contributed by atoms with Gasteiger partial charge in [-0.15, -0.1) is 0 Å². The van der Waals surface area contributed by atoms with E-state index < -0.39 is 77.8 Å². The van der Waals surface area contributed by atoms with Gasteiger partial charge in [-0.2, -0.15) is 0 Å². The molecule has 5 rings (SSSR count). The Morgan fingerprint density at radius 1 is 0.821 bits per heavy atom. The summed E-state index contributed by atoms with van der Waals surface area (Å²) in [6.07, 6.45) is 13.5. The second-order valence-corrected chi connectivity index (χ2v) is 23.4. The first-order valence-electron chi connectivity index (χ1n) is 29.2. The predicted octanol–water partition coefficient (Wildman–Crippen LogP) is 7.33. The van der Waals surface area contributed by atoms with Gasteiger partial charge in [-0.1, -0.05) is 71.1 Å². The number of hydrogen-bond donors (Lipinski definition) is 2. The third-order valence-electron chi connectivity index (χ3n) is 17.1. The smallest absolute Gasteiger partial charge is 0.329 e. The second kappa shape index (κ2) is 32.2. The average Bonchev–Trinajstić information content (AvgIpc) is 3.44. The van der Waals surface area contributed by atoms with Crippen LogP contribution in [0.2, 0.25) is 0 Å². The number of piperidine rings is 1. The Morgan fingerprint density at radius 2 is 1.59 bits per heavy atom. The SMILES string of the molecule is COCCO[C@H]1C[C@@H]2CC[C@@H](C)[C@@](O)(O2)C(=O)C(=O)N2CCCC[C@H]2C(=O)O[C@H](C(C)C[C@@H]2CC[C@@H](OCCCN3CCO[C@H](C)C3)[C@H](OC)C2)CC(=O)[C@H](C)/C=C(\C)[C@@H](O)[C@@H](OC)C(=O)[C@H](C)C[C@H](C)/C=C/C=C/C=C/1C. The summed E-state index contributed by atoms with van der Waals surface area (Å²) in [6, 6.07) is -1.15. The van der Waals surface area contributed by atoms with Crippen molar-refractivity contribution in [2.75, 3.05) is 73.9 Å². The Bertz CT molecular complexity index is 2060. The Labute approximate surface area is 466 Å². The number of allylic oxidation sites excluding steroid dienone is 6. The van der Waals surface area contributed by atoms with Crippen molar-refractivity contribution in [2.24, 2.45) is 35.5 Å². The van der Waals surface area contributed by atoms with E-state index in [4.69, 9.17) is 37.9 Å². The number of ketones is 3. The van der Waals surface area contributed by atoms with Crippen molar-refractivity contribution in [3.63, 3.8) is 0 Å². The van der Waals surface area contributed by atoms with Crippen LogP contribution < -0.4 is 0 Å². The molecular weight excluding hydrogens is 1000 g/mol. The number of ether oxygens (including phenoxy) is 8.